The molecule has 2 nitrogen and oxygen atoms in total. The summed E-state index contributed by atoms with van der Waals surface area (Å²) in [4.78, 5) is 0. The third kappa shape index (κ3) is 4.44. The van der Waals surface area contributed by atoms with E-state index < -0.39 is 0 Å². The van der Waals surface area contributed by atoms with Gasteiger partial charge < -0.3 is 9.47 Å². The molecule has 1 aliphatic heterocycles. The average Bonchev–Trinajstić information content (AvgIpc) is 2.03. The van der Waals surface area contributed by atoms with E-state index in [-0.39, 0.29) is 6.29 Å². The van der Waals surface area contributed by atoms with Gasteiger partial charge in [0.2, 0.25) is 0 Å². The highest BCUT2D eigenvalue weighted by atomic mass is 16.7. The van der Waals surface area contributed by atoms with E-state index in [0.717, 1.165) is 32.0 Å². The standard InChI is InChI=1S/C11H20O2/c1-9(2)4-6-12-11-8-10(3)5-7-13-11/h10-11H,1,4-8H2,2-3H3. The SMILES string of the molecule is C=C(C)CCOC1CC(C)CCO1. The van der Waals surface area contributed by atoms with Crippen molar-refractivity contribution in [2.24, 2.45) is 5.92 Å². The quantitative estimate of drug-likeness (QED) is 0.625. The van der Waals surface area contributed by atoms with Crippen LogP contribution in [-0.2, 0) is 9.47 Å². The molecule has 0 aromatic rings. The second kappa shape index (κ2) is 5.40. The Balaban J connectivity index is 2.10. The predicted molar refractivity (Wildman–Crippen MR) is 53.5 cm³/mol. The Kier molecular flexibility index (Phi) is 4.46. The zero-order valence-corrected chi connectivity index (χ0v) is 8.71. The number of ether oxygens (including phenoxy) is 2. The fourth-order valence-electron chi connectivity index (χ4n) is 1.40. The summed E-state index contributed by atoms with van der Waals surface area (Å²) in [5.41, 5.74) is 1.17. The molecule has 0 bridgehead atoms. The summed E-state index contributed by atoms with van der Waals surface area (Å²) in [5.74, 6) is 0.739. The molecule has 0 N–H and O–H groups in total. The van der Waals surface area contributed by atoms with Gasteiger partial charge in [0, 0.05) is 13.0 Å². The molecule has 1 aliphatic rings. The van der Waals surface area contributed by atoms with Crippen molar-refractivity contribution in [1.82, 2.24) is 0 Å². The fourth-order valence-corrected chi connectivity index (χ4v) is 1.40. The Morgan fingerprint density at radius 2 is 2.38 bits per heavy atom. The molecule has 1 heterocycles. The van der Waals surface area contributed by atoms with E-state index >= 15 is 0 Å². The van der Waals surface area contributed by atoms with Crippen LogP contribution < -0.4 is 0 Å². The lowest BCUT2D eigenvalue weighted by Crippen LogP contribution is -2.27. The van der Waals surface area contributed by atoms with Crippen LogP contribution in [0.25, 0.3) is 0 Å². The molecule has 13 heavy (non-hydrogen) atoms. The van der Waals surface area contributed by atoms with Gasteiger partial charge >= 0.3 is 0 Å². The van der Waals surface area contributed by atoms with E-state index in [4.69, 9.17) is 9.47 Å². The summed E-state index contributed by atoms with van der Waals surface area (Å²) in [6.07, 6.45) is 3.17. The van der Waals surface area contributed by atoms with Crippen LogP contribution in [0.15, 0.2) is 12.2 Å². The van der Waals surface area contributed by atoms with Gasteiger partial charge in [0.05, 0.1) is 6.61 Å². The van der Waals surface area contributed by atoms with Crippen LogP contribution >= 0.6 is 0 Å². The summed E-state index contributed by atoms with van der Waals surface area (Å²) in [7, 11) is 0. The lowest BCUT2D eigenvalue weighted by atomic mass is 10.0. The molecule has 2 unspecified atom stereocenters. The number of rotatable bonds is 4. The van der Waals surface area contributed by atoms with Crippen LogP contribution in [0.2, 0.25) is 0 Å². The zero-order chi connectivity index (χ0) is 9.68. The molecule has 0 aromatic carbocycles. The Hall–Kier alpha value is -0.340. The van der Waals surface area contributed by atoms with Gasteiger partial charge in [-0.3, -0.25) is 0 Å². The lowest BCUT2D eigenvalue weighted by Gasteiger charge is -2.27. The van der Waals surface area contributed by atoms with E-state index in [2.05, 4.69) is 13.5 Å². The van der Waals surface area contributed by atoms with Crippen LogP contribution in [0.3, 0.4) is 0 Å². The molecular weight excluding hydrogens is 164 g/mol. The first-order chi connectivity index (χ1) is 6.18. The molecule has 76 valence electrons. The fraction of sp³-hybridized carbons (Fsp3) is 0.818. The molecule has 1 rings (SSSR count). The highest BCUT2D eigenvalue weighted by Gasteiger charge is 2.19. The molecule has 0 aliphatic carbocycles. The van der Waals surface area contributed by atoms with Crippen LogP contribution in [-0.4, -0.2) is 19.5 Å². The van der Waals surface area contributed by atoms with Crippen LogP contribution in [0.4, 0.5) is 0 Å². The van der Waals surface area contributed by atoms with E-state index in [1.165, 1.54) is 12.0 Å². The van der Waals surface area contributed by atoms with Gasteiger partial charge in [-0.25, -0.2) is 0 Å². The van der Waals surface area contributed by atoms with Gasteiger partial charge in [0.15, 0.2) is 6.29 Å². The Labute approximate surface area is 80.9 Å². The zero-order valence-electron chi connectivity index (χ0n) is 8.71. The maximum absolute atomic E-state index is 5.58. The summed E-state index contributed by atoms with van der Waals surface area (Å²) in [6.45, 7) is 9.69. The molecule has 1 fully saturated rings. The van der Waals surface area contributed by atoms with Crippen molar-refractivity contribution in [3.63, 3.8) is 0 Å². The van der Waals surface area contributed by atoms with Crippen molar-refractivity contribution >= 4 is 0 Å². The van der Waals surface area contributed by atoms with Crippen molar-refractivity contribution in [3.8, 4) is 0 Å². The minimum Gasteiger partial charge on any atom is -0.353 e. The molecule has 0 saturated carbocycles. The van der Waals surface area contributed by atoms with Gasteiger partial charge in [-0.05, 0) is 25.7 Å². The highest BCUT2D eigenvalue weighted by molar-refractivity contribution is 4.87. The number of hydrogen-bond donors (Lipinski definition) is 0. The average molecular weight is 184 g/mol. The number of hydrogen-bond acceptors (Lipinski definition) is 2. The highest BCUT2D eigenvalue weighted by Crippen LogP contribution is 2.20. The molecule has 0 aromatic heterocycles. The summed E-state index contributed by atoms with van der Waals surface area (Å²) >= 11 is 0. The Morgan fingerprint density at radius 1 is 1.62 bits per heavy atom. The summed E-state index contributed by atoms with van der Waals surface area (Å²) in [5, 5.41) is 0. The third-order valence-corrected chi connectivity index (χ3v) is 2.34. The Morgan fingerprint density at radius 3 is 3.00 bits per heavy atom. The van der Waals surface area contributed by atoms with E-state index in [9.17, 15) is 0 Å². The van der Waals surface area contributed by atoms with Crippen molar-refractivity contribution in [2.75, 3.05) is 13.2 Å². The smallest absolute Gasteiger partial charge is 0.157 e. The summed E-state index contributed by atoms with van der Waals surface area (Å²) in [6, 6.07) is 0. The molecule has 2 atom stereocenters. The van der Waals surface area contributed by atoms with Crippen LogP contribution in [0.1, 0.15) is 33.1 Å². The van der Waals surface area contributed by atoms with E-state index in [0.29, 0.717) is 0 Å². The largest absolute Gasteiger partial charge is 0.353 e. The first kappa shape index (κ1) is 10.7. The first-order valence-corrected chi connectivity index (χ1v) is 5.06. The van der Waals surface area contributed by atoms with Crippen LogP contribution in [0, 0.1) is 5.92 Å². The molecule has 2 heteroatoms. The lowest BCUT2D eigenvalue weighted by molar-refractivity contribution is -0.172. The Bertz CT molecular complexity index is 165. The second-order valence-electron chi connectivity index (χ2n) is 4.01. The van der Waals surface area contributed by atoms with Crippen molar-refractivity contribution in [3.05, 3.63) is 12.2 Å². The van der Waals surface area contributed by atoms with Gasteiger partial charge in [0.1, 0.15) is 0 Å². The minimum atomic E-state index is 0.0306. The van der Waals surface area contributed by atoms with Crippen LogP contribution in [0.5, 0.6) is 0 Å². The third-order valence-electron chi connectivity index (χ3n) is 2.34. The van der Waals surface area contributed by atoms with Crippen molar-refractivity contribution < 1.29 is 9.47 Å². The molecule has 0 amide bonds. The van der Waals surface area contributed by atoms with Gasteiger partial charge in [-0.1, -0.05) is 12.5 Å². The predicted octanol–water partition coefficient (Wildman–Crippen LogP) is 2.74. The summed E-state index contributed by atoms with van der Waals surface area (Å²) < 4.78 is 11.1. The molecular formula is C11H20O2. The topological polar surface area (TPSA) is 18.5 Å². The maximum atomic E-state index is 5.58. The second-order valence-corrected chi connectivity index (χ2v) is 4.01. The molecule has 0 spiro atoms. The van der Waals surface area contributed by atoms with E-state index in [1.807, 2.05) is 6.92 Å². The van der Waals surface area contributed by atoms with Gasteiger partial charge in [0.25, 0.3) is 0 Å². The van der Waals surface area contributed by atoms with Gasteiger partial charge in [-0.2, -0.15) is 0 Å². The van der Waals surface area contributed by atoms with E-state index in [1.54, 1.807) is 0 Å². The molecule has 0 radical (unpaired) electrons. The first-order valence-electron chi connectivity index (χ1n) is 5.06. The van der Waals surface area contributed by atoms with Crippen molar-refractivity contribution in [2.45, 2.75) is 39.4 Å². The van der Waals surface area contributed by atoms with Gasteiger partial charge in [-0.15, -0.1) is 6.58 Å². The monoisotopic (exact) mass is 184 g/mol. The molecule has 1 saturated heterocycles. The normalized spacial score (nSPS) is 28.8. The van der Waals surface area contributed by atoms with Crippen molar-refractivity contribution in [1.29, 1.82) is 0 Å². The maximum Gasteiger partial charge on any atom is 0.157 e. The minimum absolute atomic E-state index is 0.0306.